The van der Waals surface area contributed by atoms with E-state index in [2.05, 4.69) is 0 Å². The smallest absolute Gasteiger partial charge is 0.228 e. The summed E-state index contributed by atoms with van der Waals surface area (Å²) < 4.78 is 5.48. The summed E-state index contributed by atoms with van der Waals surface area (Å²) in [4.78, 5) is 14.4. The molecule has 0 spiro atoms. The molecule has 4 heteroatoms. The zero-order valence-electron chi connectivity index (χ0n) is 10.6. The number of likely N-dealkylation sites (tertiary alicyclic amines) is 1. The van der Waals surface area contributed by atoms with Crippen molar-refractivity contribution in [2.45, 2.75) is 51.2 Å². The molecule has 0 aliphatic carbocycles. The first-order valence-electron chi connectivity index (χ1n) is 6.75. The highest BCUT2D eigenvalue weighted by Gasteiger charge is 2.35. The summed E-state index contributed by atoms with van der Waals surface area (Å²) >= 11 is 0. The third kappa shape index (κ3) is 2.99. The molecule has 2 heterocycles. The lowest BCUT2D eigenvalue weighted by atomic mass is 9.96. The van der Waals surface area contributed by atoms with E-state index >= 15 is 0 Å². The van der Waals surface area contributed by atoms with Gasteiger partial charge < -0.3 is 14.7 Å². The Kier molecular flexibility index (Phi) is 4.40. The van der Waals surface area contributed by atoms with Crippen molar-refractivity contribution in [2.75, 3.05) is 19.8 Å². The van der Waals surface area contributed by atoms with Gasteiger partial charge in [-0.3, -0.25) is 4.79 Å². The molecule has 0 aromatic carbocycles. The zero-order chi connectivity index (χ0) is 12.3. The second kappa shape index (κ2) is 5.83. The van der Waals surface area contributed by atoms with Crippen LogP contribution in [0.25, 0.3) is 0 Å². The van der Waals surface area contributed by atoms with Gasteiger partial charge in [-0.1, -0.05) is 0 Å². The van der Waals surface area contributed by atoms with Crippen LogP contribution in [0.2, 0.25) is 0 Å². The quantitative estimate of drug-likeness (QED) is 0.807. The maximum Gasteiger partial charge on any atom is 0.228 e. The van der Waals surface area contributed by atoms with E-state index in [1.807, 2.05) is 11.8 Å². The fourth-order valence-corrected chi connectivity index (χ4v) is 2.96. The van der Waals surface area contributed by atoms with E-state index in [-0.39, 0.29) is 30.6 Å². The molecule has 2 saturated heterocycles. The number of aliphatic hydroxyl groups excluding tert-OH is 1. The molecule has 3 unspecified atom stereocenters. The fourth-order valence-electron chi connectivity index (χ4n) is 2.96. The van der Waals surface area contributed by atoms with Crippen LogP contribution in [0.4, 0.5) is 0 Å². The number of amides is 1. The SMILES string of the molecule is CC1CC(C(=O)N2CCCCC2CCO)CO1. The van der Waals surface area contributed by atoms with Crippen LogP contribution in [0.15, 0.2) is 0 Å². The molecule has 2 aliphatic rings. The molecule has 98 valence electrons. The van der Waals surface area contributed by atoms with Crippen molar-refractivity contribution >= 4 is 5.91 Å². The Morgan fingerprint density at radius 1 is 1.47 bits per heavy atom. The second-order valence-electron chi connectivity index (χ2n) is 5.27. The molecule has 0 aromatic rings. The molecular formula is C13H23NO3. The summed E-state index contributed by atoms with van der Waals surface area (Å²) in [5.41, 5.74) is 0. The monoisotopic (exact) mass is 241 g/mol. The van der Waals surface area contributed by atoms with Crippen molar-refractivity contribution < 1.29 is 14.6 Å². The zero-order valence-corrected chi connectivity index (χ0v) is 10.6. The molecule has 0 radical (unpaired) electrons. The summed E-state index contributed by atoms with van der Waals surface area (Å²) in [6, 6.07) is 0.247. The molecule has 2 fully saturated rings. The number of hydrogen-bond acceptors (Lipinski definition) is 3. The average Bonchev–Trinajstić information content (AvgIpc) is 2.76. The van der Waals surface area contributed by atoms with E-state index in [9.17, 15) is 4.79 Å². The third-order valence-electron chi connectivity index (χ3n) is 3.92. The van der Waals surface area contributed by atoms with Crippen LogP contribution >= 0.6 is 0 Å². The van der Waals surface area contributed by atoms with Gasteiger partial charge in [0, 0.05) is 19.2 Å². The standard InChI is InChI=1S/C13H23NO3/c1-10-8-11(9-17-10)13(16)14-6-3-2-4-12(14)5-7-15/h10-12,15H,2-9H2,1H3. The van der Waals surface area contributed by atoms with Gasteiger partial charge in [0.05, 0.1) is 18.6 Å². The number of nitrogens with zero attached hydrogens (tertiary/aromatic N) is 1. The molecular weight excluding hydrogens is 218 g/mol. The summed E-state index contributed by atoms with van der Waals surface area (Å²) in [6.45, 7) is 3.62. The number of carbonyl (C=O) groups is 1. The summed E-state index contributed by atoms with van der Waals surface area (Å²) in [5, 5.41) is 9.06. The molecule has 0 aromatic heterocycles. The molecule has 0 bridgehead atoms. The van der Waals surface area contributed by atoms with Crippen LogP contribution in [0, 0.1) is 5.92 Å². The number of ether oxygens (including phenoxy) is 1. The predicted molar refractivity (Wildman–Crippen MR) is 64.6 cm³/mol. The van der Waals surface area contributed by atoms with Crippen LogP contribution in [0.3, 0.4) is 0 Å². The average molecular weight is 241 g/mol. The van der Waals surface area contributed by atoms with Gasteiger partial charge in [0.15, 0.2) is 0 Å². The predicted octanol–water partition coefficient (Wildman–Crippen LogP) is 1.17. The van der Waals surface area contributed by atoms with Crippen molar-refractivity contribution in [3.05, 3.63) is 0 Å². The van der Waals surface area contributed by atoms with Crippen molar-refractivity contribution in [3.63, 3.8) is 0 Å². The molecule has 17 heavy (non-hydrogen) atoms. The van der Waals surface area contributed by atoms with Gasteiger partial charge >= 0.3 is 0 Å². The van der Waals surface area contributed by atoms with Crippen LogP contribution in [-0.4, -0.2) is 47.8 Å². The van der Waals surface area contributed by atoms with Gasteiger partial charge in [-0.25, -0.2) is 0 Å². The summed E-state index contributed by atoms with van der Waals surface area (Å²) in [6.07, 6.45) is 5.08. The summed E-state index contributed by atoms with van der Waals surface area (Å²) in [5.74, 6) is 0.289. The number of hydrogen-bond donors (Lipinski definition) is 1. The van der Waals surface area contributed by atoms with Crippen molar-refractivity contribution in [3.8, 4) is 0 Å². The van der Waals surface area contributed by atoms with Gasteiger partial charge in [-0.05, 0) is 39.0 Å². The van der Waals surface area contributed by atoms with Gasteiger partial charge in [-0.15, -0.1) is 0 Å². The van der Waals surface area contributed by atoms with Crippen LogP contribution in [0.1, 0.15) is 39.0 Å². The highest BCUT2D eigenvalue weighted by atomic mass is 16.5. The Labute approximate surface area is 103 Å². The molecule has 0 saturated carbocycles. The van der Waals surface area contributed by atoms with E-state index < -0.39 is 0 Å². The van der Waals surface area contributed by atoms with Crippen LogP contribution < -0.4 is 0 Å². The number of aliphatic hydroxyl groups is 1. The highest BCUT2D eigenvalue weighted by molar-refractivity contribution is 5.79. The van der Waals surface area contributed by atoms with Gasteiger partial charge in [-0.2, -0.15) is 0 Å². The molecule has 3 atom stereocenters. The minimum atomic E-state index is 0.0456. The first kappa shape index (κ1) is 12.8. The fraction of sp³-hybridized carbons (Fsp3) is 0.923. The van der Waals surface area contributed by atoms with Crippen LogP contribution in [0.5, 0.6) is 0 Å². The van der Waals surface area contributed by atoms with E-state index in [0.29, 0.717) is 6.61 Å². The minimum Gasteiger partial charge on any atom is -0.396 e. The van der Waals surface area contributed by atoms with Gasteiger partial charge in [0.2, 0.25) is 5.91 Å². The third-order valence-corrected chi connectivity index (χ3v) is 3.92. The largest absolute Gasteiger partial charge is 0.396 e. The van der Waals surface area contributed by atoms with Crippen molar-refractivity contribution in [1.82, 2.24) is 4.90 Å². The Balaban J connectivity index is 1.95. The highest BCUT2D eigenvalue weighted by Crippen LogP contribution is 2.26. The van der Waals surface area contributed by atoms with E-state index in [0.717, 1.165) is 32.2 Å². The number of piperidine rings is 1. The maximum atomic E-state index is 12.4. The van der Waals surface area contributed by atoms with Crippen LogP contribution in [-0.2, 0) is 9.53 Å². The molecule has 2 rings (SSSR count). The Hall–Kier alpha value is -0.610. The van der Waals surface area contributed by atoms with E-state index in [1.54, 1.807) is 0 Å². The Morgan fingerprint density at radius 2 is 2.29 bits per heavy atom. The van der Waals surface area contributed by atoms with Gasteiger partial charge in [0.25, 0.3) is 0 Å². The van der Waals surface area contributed by atoms with E-state index in [4.69, 9.17) is 9.84 Å². The Bertz CT molecular complexity index is 267. The normalized spacial score (nSPS) is 34.0. The summed E-state index contributed by atoms with van der Waals surface area (Å²) in [7, 11) is 0. The van der Waals surface area contributed by atoms with Crippen molar-refractivity contribution in [1.29, 1.82) is 0 Å². The first-order valence-corrected chi connectivity index (χ1v) is 6.75. The maximum absolute atomic E-state index is 12.4. The lowest BCUT2D eigenvalue weighted by Gasteiger charge is -2.37. The lowest BCUT2D eigenvalue weighted by Crippen LogP contribution is -2.47. The lowest BCUT2D eigenvalue weighted by molar-refractivity contribution is -0.139. The first-order chi connectivity index (χ1) is 8.22. The van der Waals surface area contributed by atoms with Crippen molar-refractivity contribution in [2.24, 2.45) is 5.92 Å². The number of carbonyl (C=O) groups excluding carboxylic acids is 1. The van der Waals surface area contributed by atoms with Gasteiger partial charge in [0.1, 0.15) is 0 Å². The topological polar surface area (TPSA) is 49.8 Å². The second-order valence-corrected chi connectivity index (χ2v) is 5.27. The molecule has 1 N–H and O–H groups in total. The molecule has 1 amide bonds. The van der Waals surface area contributed by atoms with E-state index in [1.165, 1.54) is 6.42 Å². The number of rotatable bonds is 3. The molecule has 4 nitrogen and oxygen atoms in total. The minimum absolute atomic E-state index is 0.0456. The Morgan fingerprint density at radius 3 is 2.94 bits per heavy atom. The molecule has 2 aliphatic heterocycles.